The number of hydrogen-bond donors (Lipinski definition) is 3. The lowest BCUT2D eigenvalue weighted by Crippen LogP contribution is -2.25. The molecule has 1 aliphatic rings. The topological polar surface area (TPSA) is 131 Å². The maximum Gasteiger partial charge on any atom is 0.342 e. The van der Waals surface area contributed by atoms with Crippen LogP contribution in [0.15, 0.2) is 14.6 Å². The summed E-state index contributed by atoms with van der Waals surface area (Å²) in [6.07, 6.45) is 3.97. The van der Waals surface area contributed by atoms with E-state index in [1.807, 2.05) is 4.98 Å². The van der Waals surface area contributed by atoms with Crippen molar-refractivity contribution in [3.63, 3.8) is 0 Å². The molecule has 0 spiro atoms. The number of carbonyl (C=O) groups excluding carboxylic acids is 1. The van der Waals surface area contributed by atoms with Gasteiger partial charge in [0.1, 0.15) is 11.1 Å². The second-order valence-electron chi connectivity index (χ2n) is 5.18. The molecule has 0 saturated heterocycles. The van der Waals surface area contributed by atoms with Crippen molar-refractivity contribution >= 4 is 34.0 Å². The Morgan fingerprint density at radius 2 is 2.17 bits per heavy atom. The number of aromatic amines is 2. The van der Waals surface area contributed by atoms with Gasteiger partial charge in [0, 0.05) is 4.88 Å². The number of nitrogens with one attached hydrogen (secondary N) is 3. The first-order valence-electron chi connectivity index (χ1n) is 7.24. The molecule has 8 nitrogen and oxygen atoms in total. The van der Waals surface area contributed by atoms with Gasteiger partial charge in [-0.2, -0.15) is 10.4 Å². The van der Waals surface area contributed by atoms with E-state index in [4.69, 9.17) is 0 Å². The second-order valence-corrected chi connectivity index (χ2v) is 7.24. The molecule has 0 fully saturated rings. The number of rotatable bonds is 4. The molecule has 1 aliphatic carbocycles. The maximum absolute atomic E-state index is 12.1. The zero-order chi connectivity index (χ0) is 17.1. The first kappa shape index (κ1) is 16.5. The maximum atomic E-state index is 12.1. The van der Waals surface area contributed by atoms with E-state index in [2.05, 4.69) is 21.6 Å². The largest absolute Gasteiger partial charge is 0.342 e. The van der Waals surface area contributed by atoms with Gasteiger partial charge < -0.3 is 5.32 Å². The summed E-state index contributed by atoms with van der Waals surface area (Å²) in [5.74, 6) is -0.377. The van der Waals surface area contributed by atoms with Crippen molar-refractivity contribution in [1.29, 1.82) is 5.26 Å². The minimum absolute atomic E-state index is 0.00994. The first-order valence-corrected chi connectivity index (χ1v) is 9.05. The highest BCUT2D eigenvalue weighted by Gasteiger charge is 2.21. The molecule has 0 aromatic carbocycles. The third-order valence-corrected chi connectivity index (χ3v) is 5.72. The van der Waals surface area contributed by atoms with Crippen LogP contribution in [0.2, 0.25) is 0 Å². The third-order valence-electron chi connectivity index (χ3n) is 3.56. The molecule has 1 amide bonds. The normalized spacial score (nSPS) is 13.1. The van der Waals surface area contributed by atoms with Gasteiger partial charge in [0.2, 0.25) is 5.91 Å². The number of nitriles is 1. The van der Waals surface area contributed by atoms with Crippen molar-refractivity contribution in [3.8, 4) is 6.07 Å². The van der Waals surface area contributed by atoms with Crippen LogP contribution in [0.5, 0.6) is 0 Å². The highest BCUT2D eigenvalue weighted by molar-refractivity contribution is 7.99. The van der Waals surface area contributed by atoms with E-state index in [0.29, 0.717) is 10.6 Å². The summed E-state index contributed by atoms with van der Waals surface area (Å²) in [6.45, 7) is 0. The van der Waals surface area contributed by atoms with E-state index >= 15 is 0 Å². The number of aryl methyl sites for hydroxylation is 1. The van der Waals surface area contributed by atoms with E-state index in [-0.39, 0.29) is 16.7 Å². The smallest absolute Gasteiger partial charge is 0.316 e. The number of fused-ring (bicyclic) bond motifs is 1. The zero-order valence-corrected chi connectivity index (χ0v) is 14.1. The Kier molecular flexibility index (Phi) is 4.82. The van der Waals surface area contributed by atoms with Gasteiger partial charge in [-0.15, -0.1) is 11.3 Å². The highest BCUT2D eigenvalue weighted by atomic mass is 32.2. The molecule has 3 N–H and O–H groups in total. The number of anilines is 1. The van der Waals surface area contributed by atoms with Gasteiger partial charge in [-0.25, -0.2) is 9.89 Å². The molecular weight excluding hydrogens is 350 g/mol. The van der Waals surface area contributed by atoms with Crippen LogP contribution in [0.4, 0.5) is 5.00 Å². The minimum atomic E-state index is -0.698. The molecule has 0 atom stereocenters. The Labute approximate surface area is 144 Å². The number of aromatic nitrogens is 3. The molecule has 0 aliphatic heterocycles. The molecule has 3 rings (SSSR count). The number of thioether (sulfide) groups is 1. The quantitative estimate of drug-likeness (QED) is 0.695. The fraction of sp³-hybridized carbons (Fsp3) is 0.357. The zero-order valence-electron chi connectivity index (χ0n) is 12.5. The van der Waals surface area contributed by atoms with Crippen molar-refractivity contribution in [3.05, 3.63) is 36.8 Å². The van der Waals surface area contributed by atoms with E-state index in [1.165, 1.54) is 16.2 Å². The summed E-state index contributed by atoms with van der Waals surface area (Å²) in [6, 6.07) is 2.18. The summed E-state index contributed by atoms with van der Waals surface area (Å²) in [5, 5.41) is 18.4. The lowest BCUT2D eigenvalue weighted by molar-refractivity contribution is -0.113. The summed E-state index contributed by atoms with van der Waals surface area (Å²) < 4.78 is 0. The summed E-state index contributed by atoms with van der Waals surface area (Å²) >= 11 is 2.36. The Morgan fingerprint density at radius 1 is 1.38 bits per heavy atom. The number of amides is 1. The Bertz CT molecular complexity index is 937. The Balaban J connectivity index is 1.69. The molecule has 0 radical (unpaired) electrons. The van der Waals surface area contributed by atoms with Crippen LogP contribution in [0.1, 0.15) is 28.8 Å². The van der Waals surface area contributed by atoms with Gasteiger partial charge in [0.25, 0.3) is 5.56 Å². The molecule has 0 unspecified atom stereocenters. The highest BCUT2D eigenvalue weighted by Crippen LogP contribution is 2.37. The molecule has 2 aromatic heterocycles. The Morgan fingerprint density at radius 3 is 2.92 bits per heavy atom. The molecule has 2 aromatic rings. The van der Waals surface area contributed by atoms with Crippen LogP contribution in [-0.4, -0.2) is 26.8 Å². The average Bonchev–Trinajstić information content (AvgIpc) is 2.90. The molecule has 10 heteroatoms. The number of thiophene rings is 1. The van der Waals surface area contributed by atoms with Crippen LogP contribution >= 0.6 is 23.1 Å². The van der Waals surface area contributed by atoms with E-state index in [1.54, 1.807) is 0 Å². The van der Waals surface area contributed by atoms with Gasteiger partial charge >= 0.3 is 5.69 Å². The summed E-state index contributed by atoms with van der Waals surface area (Å²) in [5.41, 5.74) is 0.265. The van der Waals surface area contributed by atoms with Gasteiger partial charge in [-0.3, -0.25) is 14.6 Å². The van der Waals surface area contributed by atoms with Crippen molar-refractivity contribution in [1.82, 2.24) is 15.2 Å². The monoisotopic (exact) mass is 363 g/mol. The van der Waals surface area contributed by atoms with Crippen LogP contribution in [-0.2, 0) is 17.6 Å². The van der Waals surface area contributed by atoms with Crippen LogP contribution in [0.3, 0.4) is 0 Å². The van der Waals surface area contributed by atoms with E-state index < -0.39 is 11.2 Å². The fourth-order valence-electron chi connectivity index (χ4n) is 2.50. The molecule has 0 bridgehead atoms. The van der Waals surface area contributed by atoms with Crippen molar-refractivity contribution in [2.24, 2.45) is 0 Å². The van der Waals surface area contributed by atoms with Crippen molar-refractivity contribution in [2.75, 3.05) is 11.1 Å². The Hall–Kier alpha value is -2.38. The fourth-order valence-corrected chi connectivity index (χ4v) is 4.39. The predicted molar refractivity (Wildman–Crippen MR) is 90.5 cm³/mol. The standard InChI is InChI=1S/C14H13N5O3S2/c15-5-8-7-3-1-2-4-9(7)24-12(8)16-10(20)6-23-13-11(21)17-14(22)19-18-13/h1-4,6H2,(H,16,20)(H2,17,19,21,22). The summed E-state index contributed by atoms with van der Waals surface area (Å²) in [7, 11) is 0. The summed E-state index contributed by atoms with van der Waals surface area (Å²) in [4.78, 5) is 37.7. The number of H-pyrrole nitrogens is 2. The number of nitrogens with zero attached hydrogens (tertiary/aromatic N) is 2. The van der Waals surface area contributed by atoms with Crippen LogP contribution in [0.25, 0.3) is 0 Å². The van der Waals surface area contributed by atoms with Gasteiger partial charge in [-0.05, 0) is 31.2 Å². The third kappa shape index (κ3) is 3.42. The van der Waals surface area contributed by atoms with E-state index in [9.17, 15) is 19.6 Å². The van der Waals surface area contributed by atoms with Crippen molar-refractivity contribution < 1.29 is 4.79 Å². The molecule has 0 saturated carbocycles. The first-order chi connectivity index (χ1) is 11.6. The van der Waals surface area contributed by atoms with Gasteiger partial charge in [-0.1, -0.05) is 11.8 Å². The molecule has 24 heavy (non-hydrogen) atoms. The lowest BCUT2D eigenvalue weighted by atomic mass is 9.96. The number of hydrogen-bond acceptors (Lipinski definition) is 7. The van der Waals surface area contributed by atoms with Crippen LogP contribution < -0.4 is 16.6 Å². The SMILES string of the molecule is N#Cc1c(NC(=O)CSc2n[nH]c(=O)[nH]c2=O)sc2c1CCCC2. The molecule has 124 valence electrons. The van der Waals surface area contributed by atoms with E-state index in [0.717, 1.165) is 43.0 Å². The molecule has 2 heterocycles. The van der Waals surface area contributed by atoms with Crippen molar-refractivity contribution in [2.45, 2.75) is 30.7 Å². The lowest BCUT2D eigenvalue weighted by Gasteiger charge is -2.09. The van der Waals surface area contributed by atoms with Gasteiger partial charge in [0.15, 0.2) is 5.03 Å². The molecular formula is C14H13N5O3S2. The average molecular weight is 363 g/mol. The second kappa shape index (κ2) is 7.02. The van der Waals surface area contributed by atoms with Gasteiger partial charge in [0.05, 0.1) is 11.3 Å². The van der Waals surface area contributed by atoms with Crippen LogP contribution in [0, 0.1) is 11.3 Å². The minimum Gasteiger partial charge on any atom is -0.316 e. The number of carbonyl (C=O) groups is 1. The predicted octanol–water partition coefficient (Wildman–Crippen LogP) is 1.00.